The maximum absolute atomic E-state index is 12.7. The molecule has 0 spiro atoms. The van der Waals surface area contributed by atoms with Gasteiger partial charge in [-0.05, 0) is 43.4 Å². The Morgan fingerprint density at radius 1 is 1.18 bits per heavy atom. The fourth-order valence-corrected chi connectivity index (χ4v) is 3.08. The van der Waals surface area contributed by atoms with Crippen molar-refractivity contribution in [2.24, 2.45) is 5.92 Å². The highest BCUT2D eigenvalue weighted by Gasteiger charge is 2.33. The summed E-state index contributed by atoms with van der Waals surface area (Å²) in [5.41, 5.74) is 2.57. The third kappa shape index (κ3) is 5.09. The number of amides is 1. The van der Waals surface area contributed by atoms with Crippen molar-refractivity contribution in [1.82, 2.24) is 5.32 Å². The first-order valence-corrected chi connectivity index (χ1v) is 9.15. The number of carbonyl (C=O) groups is 1. The average Bonchev–Trinajstić information content (AvgIpc) is 3.50. The minimum absolute atomic E-state index is 0.0557. The molecule has 1 fully saturated rings. The van der Waals surface area contributed by atoms with Crippen molar-refractivity contribution >= 4 is 12.0 Å². The molecule has 3 rings (SSSR count). The number of hydrogen-bond donors (Lipinski definition) is 1. The van der Waals surface area contributed by atoms with Crippen LogP contribution in [0.2, 0.25) is 0 Å². The molecule has 6 heteroatoms. The first-order valence-electron chi connectivity index (χ1n) is 9.15. The number of ether oxygens (including phenoxy) is 2. The number of halogens is 2. The summed E-state index contributed by atoms with van der Waals surface area (Å²) in [5.74, 6) is 0.220. The molecule has 0 saturated heterocycles. The lowest BCUT2D eigenvalue weighted by Gasteiger charge is -2.18. The Morgan fingerprint density at radius 2 is 1.89 bits per heavy atom. The van der Waals surface area contributed by atoms with Gasteiger partial charge < -0.3 is 14.8 Å². The van der Waals surface area contributed by atoms with Gasteiger partial charge in [0.25, 0.3) is 0 Å². The molecule has 28 heavy (non-hydrogen) atoms. The highest BCUT2D eigenvalue weighted by Crippen LogP contribution is 2.41. The fraction of sp³-hybridized carbons (Fsp3) is 0.318. The van der Waals surface area contributed by atoms with Gasteiger partial charge in [-0.3, -0.25) is 4.79 Å². The van der Waals surface area contributed by atoms with Gasteiger partial charge in [-0.1, -0.05) is 42.0 Å². The van der Waals surface area contributed by atoms with Crippen LogP contribution in [0.25, 0.3) is 6.08 Å². The third-order valence-electron chi connectivity index (χ3n) is 4.68. The van der Waals surface area contributed by atoms with Crippen molar-refractivity contribution in [3.05, 3.63) is 65.2 Å². The number of benzene rings is 2. The summed E-state index contributed by atoms with van der Waals surface area (Å²) >= 11 is 0. The minimum atomic E-state index is -2.99. The van der Waals surface area contributed by atoms with E-state index in [1.165, 1.54) is 25.3 Å². The fourth-order valence-electron chi connectivity index (χ4n) is 3.08. The number of rotatable bonds is 8. The van der Waals surface area contributed by atoms with Crippen LogP contribution in [0.5, 0.6) is 11.5 Å². The monoisotopic (exact) mass is 387 g/mol. The van der Waals surface area contributed by atoms with Crippen molar-refractivity contribution in [3.8, 4) is 11.5 Å². The maximum Gasteiger partial charge on any atom is 0.387 e. The zero-order valence-corrected chi connectivity index (χ0v) is 15.8. The summed E-state index contributed by atoms with van der Waals surface area (Å²) in [6, 6.07) is 12.8. The van der Waals surface area contributed by atoms with Gasteiger partial charge in [0.1, 0.15) is 0 Å². The number of hydrogen-bond acceptors (Lipinski definition) is 3. The standard InChI is InChI=1S/C22H23F2NO3/c1-14-6-8-15(9-7-14)20(16-10-11-16)25-19(26)13-12-17-4-3-5-18(27-2)21(17)28-22(23)24/h3-9,12-13,16,20,22H,10-11H2,1-2H3,(H,25,26). The summed E-state index contributed by atoms with van der Waals surface area (Å²) in [5, 5.41) is 3.03. The zero-order valence-electron chi connectivity index (χ0n) is 15.8. The Morgan fingerprint density at radius 3 is 2.50 bits per heavy atom. The lowest BCUT2D eigenvalue weighted by Crippen LogP contribution is -2.28. The zero-order chi connectivity index (χ0) is 20.1. The van der Waals surface area contributed by atoms with Crippen molar-refractivity contribution in [2.45, 2.75) is 32.4 Å². The molecule has 148 valence electrons. The van der Waals surface area contributed by atoms with E-state index in [-0.39, 0.29) is 23.4 Å². The molecule has 1 N–H and O–H groups in total. The SMILES string of the molecule is COc1cccc(C=CC(=O)NC(c2ccc(C)cc2)C2CC2)c1OC(F)F. The van der Waals surface area contributed by atoms with Crippen LogP contribution in [0.1, 0.15) is 35.6 Å². The average molecular weight is 387 g/mol. The second-order valence-corrected chi connectivity index (χ2v) is 6.82. The quantitative estimate of drug-likeness (QED) is 0.657. The first kappa shape index (κ1) is 19.9. The van der Waals surface area contributed by atoms with Gasteiger partial charge in [-0.15, -0.1) is 0 Å². The van der Waals surface area contributed by atoms with E-state index in [0.29, 0.717) is 11.5 Å². The lowest BCUT2D eigenvalue weighted by molar-refractivity contribution is -0.117. The normalized spacial score (nSPS) is 14.9. The van der Waals surface area contributed by atoms with Crippen LogP contribution in [0.15, 0.2) is 48.5 Å². The number of para-hydroxylation sites is 1. The van der Waals surface area contributed by atoms with Gasteiger partial charge in [-0.2, -0.15) is 8.78 Å². The summed E-state index contributed by atoms with van der Waals surface area (Å²) in [4.78, 5) is 12.5. The molecule has 0 radical (unpaired) electrons. The Balaban J connectivity index is 1.75. The molecule has 1 aliphatic carbocycles. The lowest BCUT2D eigenvalue weighted by atomic mass is 10.0. The maximum atomic E-state index is 12.7. The molecule has 0 heterocycles. The van der Waals surface area contributed by atoms with Gasteiger partial charge in [0.05, 0.1) is 13.2 Å². The number of methoxy groups -OCH3 is 1. The van der Waals surface area contributed by atoms with Crippen LogP contribution < -0.4 is 14.8 Å². The van der Waals surface area contributed by atoms with Crippen LogP contribution in [0.3, 0.4) is 0 Å². The van der Waals surface area contributed by atoms with Crippen LogP contribution in [-0.2, 0) is 4.79 Å². The Kier molecular flexibility index (Phi) is 6.29. The van der Waals surface area contributed by atoms with Crippen LogP contribution in [0.4, 0.5) is 8.78 Å². The van der Waals surface area contributed by atoms with E-state index in [4.69, 9.17) is 4.74 Å². The van der Waals surface area contributed by atoms with E-state index in [2.05, 4.69) is 10.1 Å². The second kappa shape index (κ2) is 8.87. The van der Waals surface area contributed by atoms with Gasteiger partial charge in [0.2, 0.25) is 5.91 Å². The van der Waals surface area contributed by atoms with Gasteiger partial charge in [0.15, 0.2) is 11.5 Å². The largest absolute Gasteiger partial charge is 0.493 e. The van der Waals surface area contributed by atoms with E-state index < -0.39 is 6.61 Å². The molecule has 1 aliphatic rings. The molecule has 0 aromatic heterocycles. The second-order valence-electron chi connectivity index (χ2n) is 6.82. The Bertz CT molecular complexity index is 845. The van der Waals surface area contributed by atoms with Crippen molar-refractivity contribution in [3.63, 3.8) is 0 Å². The highest BCUT2D eigenvalue weighted by molar-refractivity contribution is 5.92. The van der Waals surface area contributed by atoms with Crippen molar-refractivity contribution in [2.75, 3.05) is 7.11 Å². The van der Waals surface area contributed by atoms with Crippen molar-refractivity contribution < 1.29 is 23.0 Å². The molecule has 4 nitrogen and oxygen atoms in total. The van der Waals surface area contributed by atoms with Crippen LogP contribution in [0, 0.1) is 12.8 Å². The predicted octanol–water partition coefficient (Wildman–Crippen LogP) is 4.89. The number of nitrogens with one attached hydrogen (secondary N) is 1. The van der Waals surface area contributed by atoms with Gasteiger partial charge in [-0.25, -0.2) is 0 Å². The molecule has 1 saturated carbocycles. The molecule has 0 bridgehead atoms. The van der Waals surface area contributed by atoms with Gasteiger partial charge in [0, 0.05) is 11.6 Å². The molecular weight excluding hydrogens is 364 g/mol. The van der Waals surface area contributed by atoms with E-state index in [1.807, 2.05) is 31.2 Å². The number of aryl methyl sites for hydroxylation is 1. The van der Waals surface area contributed by atoms with Crippen LogP contribution in [-0.4, -0.2) is 19.6 Å². The van der Waals surface area contributed by atoms with E-state index in [1.54, 1.807) is 12.1 Å². The van der Waals surface area contributed by atoms with E-state index >= 15 is 0 Å². The van der Waals surface area contributed by atoms with E-state index in [0.717, 1.165) is 24.0 Å². The molecule has 2 aromatic rings. The van der Waals surface area contributed by atoms with Crippen LogP contribution >= 0.6 is 0 Å². The van der Waals surface area contributed by atoms with E-state index in [9.17, 15) is 13.6 Å². The van der Waals surface area contributed by atoms with Gasteiger partial charge >= 0.3 is 6.61 Å². The molecule has 2 aromatic carbocycles. The smallest absolute Gasteiger partial charge is 0.387 e. The molecular formula is C22H23F2NO3. The predicted molar refractivity (Wildman–Crippen MR) is 103 cm³/mol. The first-order chi connectivity index (χ1) is 13.5. The molecule has 1 atom stereocenters. The number of alkyl halides is 2. The minimum Gasteiger partial charge on any atom is -0.493 e. The molecule has 1 amide bonds. The summed E-state index contributed by atoms with van der Waals surface area (Å²) in [7, 11) is 1.37. The molecule has 1 unspecified atom stereocenters. The molecule has 0 aliphatic heterocycles. The summed E-state index contributed by atoms with van der Waals surface area (Å²) in [6.45, 7) is -0.970. The van der Waals surface area contributed by atoms with Crippen molar-refractivity contribution in [1.29, 1.82) is 0 Å². The summed E-state index contributed by atoms with van der Waals surface area (Å²) in [6.07, 6.45) is 4.93. The Labute approximate surface area is 163 Å². The third-order valence-corrected chi connectivity index (χ3v) is 4.68. The summed E-state index contributed by atoms with van der Waals surface area (Å²) < 4.78 is 35.1. The highest BCUT2D eigenvalue weighted by atomic mass is 19.3. The topological polar surface area (TPSA) is 47.6 Å². The Hall–Kier alpha value is -2.89. The number of carbonyl (C=O) groups excluding carboxylic acids is 1.